The predicted molar refractivity (Wildman–Crippen MR) is 54.7 cm³/mol. The van der Waals surface area contributed by atoms with Crippen LogP contribution in [0.5, 0.6) is 0 Å². The average Bonchev–Trinajstić information content (AvgIpc) is 1.93. The molecule has 0 spiro atoms. The molecule has 0 radical (unpaired) electrons. The molecule has 19 heavy (non-hydrogen) atoms. The van der Waals surface area contributed by atoms with Gasteiger partial charge < -0.3 is 0 Å². The number of aromatic nitrogens is 1. The lowest BCUT2D eigenvalue weighted by atomic mass is 10.5. The van der Waals surface area contributed by atoms with Crippen LogP contribution in [0.3, 0.4) is 0 Å². The van der Waals surface area contributed by atoms with Crippen molar-refractivity contribution in [3.05, 3.63) is 16.6 Å². The summed E-state index contributed by atoms with van der Waals surface area (Å²) in [5.74, 6) is 0. The maximum absolute atomic E-state index is 12.3. The van der Waals surface area contributed by atoms with Crippen molar-refractivity contribution in [2.24, 2.45) is 0 Å². The zero-order valence-corrected chi connectivity index (χ0v) is 11.3. The molecule has 0 atom stereocenters. The summed E-state index contributed by atoms with van der Waals surface area (Å²) >= 11 is 2.03. The van der Waals surface area contributed by atoms with Gasteiger partial charge in [0.05, 0.1) is 0 Å². The number of rotatable bonds is 2. The molecule has 0 fully saturated rings. The van der Waals surface area contributed by atoms with Gasteiger partial charge in [-0.3, -0.25) is 0 Å². The molecule has 0 unspecified atom stereocenters. The monoisotopic (exact) mass is 409 g/mol. The molecule has 1 heterocycles. The molecule has 0 amide bonds. The Balaban J connectivity index is 3.79. The van der Waals surface area contributed by atoms with Gasteiger partial charge in [0, 0.05) is 4.47 Å². The summed E-state index contributed by atoms with van der Waals surface area (Å²) in [5.41, 5.74) is 0. The first-order valence-corrected chi connectivity index (χ1v) is 8.44. The summed E-state index contributed by atoms with van der Waals surface area (Å²) in [6, 6.07) is -1.01. The van der Waals surface area contributed by atoms with Crippen LogP contribution in [0.15, 0.2) is 26.7 Å². The Hall–Kier alpha value is -0.370. The minimum Gasteiger partial charge on any atom is -0.217 e. The number of hydrogen-bond acceptors (Lipinski definition) is 1. The van der Waals surface area contributed by atoms with E-state index in [1.165, 1.54) is 4.98 Å². The Morgan fingerprint density at radius 1 is 0.684 bits per heavy atom. The molecule has 1 nitrogen and oxygen atoms in total. The molecule has 0 aromatic carbocycles. The van der Waals surface area contributed by atoms with Crippen LogP contribution in [0.1, 0.15) is 0 Å². The van der Waals surface area contributed by atoms with Crippen LogP contribution in [-0.4, -0.2) is 4.98 Å². The number of nitrogens with zero attached hydrogens (tertiary/aromatic N) is 1. The first-order valence-electron chi connectivity index (χ1n) is 3.74. The molecule has 14 heteroatoms. The van der Waals surface area contributed by atoms with E-state index >= 15 is 0 Å². The number of pyridine rings is 1. The van der Waals surface area contributed by atoms with Gasteiger partial charge in [-0.2, -0.15) is 0 Å². The van der Waals surface area contributed by atoms with Gasteiger partial charge in [-0.05, 0) is 12.1 Å². The number of halogens is 11. The molecule has 0 aliphatic rings. The zero-order chi connectivity index (χ0) is 15.7. The number of hydrogen-bond donors (Lipinski definition) is 0. The molecular weight excluding hydrogens is 408 g/mol. The highest BCUT2D eigenvalue weighted by atomic mass is 79.9. The van der Waals surface area contributed by atoms with E-state index in [4.69, 9.17) is 0 Å². The molecular formula is C5H2BrF10NS2. The van der Waals surface area contributed by atoms with E-state index < -0.39 is 47.1 Å². The Kier molecular flexibility index (Phi) is 2.47. The fraction of sp³-hybridized carbons (Fsp3) is 0. The van der Waals surface area contributed by atoms with Crippen LogP contribution in [0.25, 0.3) is 0 Å². The molecule has 0 saturated carbocycles. The summed E-state index contributed by atoms with van der Waals surface area (Å²) in [6.45, 7) is 0. The van der Waals surface area contributed by atoms with Crippen LogP contribution >= 0.6 is 36.4 Å². The van der Waals surface area contributed by atoms with E-state index in [0.717, 1.165) is 0 Å². The van der Waals surface area contributed by atoms with E-state index in [0.29, 0.717) is 0 Å². The van der Waals surface area contributed by atoms with Crippen molar-refractivity contribution in [3.63, 3.8) is 0 Å². The lowest BCUT2D eigenvalue weighted by molar-refractivity contribution is 0.347. The van der Waals surface area contributed by atoms with Gasteiger partial charge in [0.1, 0.15) is 0 Å². The van der Waals surface area contributed by atoms with Crippen molar-refractivity contribution in [2.75, 3.05) is 0 Å². The van der Waals surface area contributed by atoms with Gasteiger partial charge >= 0.3 is 20.4 Å². The summed E-state index contributed by atoms with van der Waals surface area (Å²) in [4.78, 5) is 1.39. The molecule has 1 aromatic rings. The van der Waals surface area contributed by atoms with Crippen molar-refractivity contribution >= 4 is 36.4 Å². The Labute approximate surface area is 107 Å². The van der Waals surface area contributed by atoms with Crippen LogP contribution in [-0.2, 0) is 0 Å². The predicted octanol–water partition coefficient (Wildman–Crippen LogP) is 7.16. The molecule has 0 aliphatic heterocycles. The summed E-state index contributed by atoms with van der Waals surface area (Å²) in [6.07, 6.45) is 0. The third-order valence-electron chi connectivity index (χ3n) is 1.53. The van der Waals surface area contributed by atoms with Crippen molar-refractivity contribution in [1.82, 2.24) is 4.98 Å². The molecule has 0 bridgehead atoms. The van der Waals surface area contributed by atoms with Crippen molar-refractivity contribution in [2.45, 2.75) is 10.1 Å². The molecule has 0 N–H and O–H groups in total. The van der Waals surface area contributed by atoms with Gasteiger partial charge in [-0.1, -0.05) is 54.8 Å². The molecule has 1 rings (SSSR count). The van der Waals surface area contributed by atoms with Crippen LogP contribution in [0, 0.1) is 0 Å². The quantitative estimate of drug-likeness (QED) is 0.472. The second-order valence-corrected chi connectivity index (χ2v) is 9.03. The SMILES string of the molecule is FS(F)(F)(F)(F)c1cc(Br)cc(S(F)(F)(F)(F)F)n1. The van der Waals surface area contributed by atoms with E-state index in [2.05, 4.69) is 0 Å². The third-order valence-corrected chi connectivity index (χ3v) is 3.99. The van der Waals surface area contributed by atoms with E-state index in [9.17, 15) is 38.9 Å². The van der Waals surface area contributed by atoms with Crippen molar-refractivity contribution < 1.29 is 38.9 Å². The van der Waals surface area contributed by atoms with Gasteiger partial charge in [0.15, 0.2) is 10.1 Å². The molecule has 116 valence electrons. The Morgan fingerprint density at radius 2 is 0.947 bits per heavy atom. The van der Waals surface area contributed by atoms with Gasteiger partial charge in [0.2, 0.25) is 0 Å². The standard InChI is InChI=1S/C5H2BrF10NS2/c6-3-1-4(18(7,8,9,10)11)17-5(2-3)19(12,13,14,15)16/h1-2H. The van der Waals surface area contributed by atoms with E-state index in [-0.39, 0.29) is 0 Å². The van der Waals surface area contributed by atoms with Crippen LogP contribution in [0.2, 0.25) is 0 Å². The third kappa shape index (κ3) is 4.30. The molecule has 0 saturated heterocycles. The zero-order valence-electron chi connectivity index (χ0n) is 8.08. The molecule has 1 aromatic heterocycles. The Bertz CT molecular complexity index is 508. The second kappa shape index (κ2) is 2.81. The Morgan fingerprint density at radius 3 is 1.16 bits per heavy atom. The highest BCUT2D eigenvalue weighted by Gasteiger charge is 2.71. The maximum Gasteiger partial charge on any atom is 0.325 e. The van der Waals surface area contributed by atoms with Crippen LogP contribution in [0.4, 0.5) is 38.9 Å². The summed E-state index contributed by atoms with van der Waals surface area (Å²) < 4.78 is 121. The van der Waals surface area contributed by atoms with E-state index in [1.54, 1.807) is 0 Å². The van der Waals surface area contributed by atoms with Crippen LogP contribution < -0.4 is 0 Å². The summed E-state index contributed by atoms with van der Waals surface area (Å²) in [5, 5.41) is -6.59. The normalized spacial score (nSPS) is 21.0. The minimum atomic E-state index is -10.6. The smallest absolute Gasteiger partial charge is 0.217 e. The topological polar surface area (TPSA) is 12.9 Å². The van der Waals surface area contributed by atoms with Crippen molar-refractivity contribution in [3.8, 4) is 0 Å². The van der Waals surface area contributed by atoms with E-state index in [1.807, 2.05) is 15.9 Å². The average molecular weight is 410 g/mol. The summed E-state index contributed by atoms with van der Waals surface area (Å²) in [7, 11) is -21.2. The fourth-order valence-corrected chi connectivity index (χ4v) is 2.88. The largest absolute Gasteiger partial charge is 0.325 e. The minimum absolute atomic E-state index is 0.505. The highest BCUT2D eigenvalue weighted by Crippen LogP contribution is 3.04. The lowest BCUT2D eigenvalue weighted by Gasteiger charge is -2.42. The fourth-order valence-electron chi connectivity index (χ4n) is 0.846. The van der Waals surface area contributed by atoms with Gasteiger partial charge in [-0.25, -0.2) is 4.98 Å². The highest BCUT2D eigenvalue weighted by molar-refractivity contribution is 9.10. The first kappa shape index (κ1) is 16.7. The maximum atomic E-state index is 12.3. The molecule has 0 aliphatic carbocycles. The van der Waals surface area contributed by atoms with Gasteiger partial charge in [0.25, 0.3) is 0 Å². The lowest BCUT2D eigenvalue weighted by Crippen LogP contribution is -2.14. The van der Waals surface area contributed by atoms with Gasteiger partial charge in [-0.15, -0.1) is 0 Å². The first-order chi connectivity index (χ1) is 7.58. The second-order valence-electron chi connectivity index (χ2n) is 3.40. The van der Waals surface area contributed by atoms with Crippen molar-refractivity contribution in [1.29, 1.82) is 0 Å².